The predicted octanol–water partition coefficient (Wildman–Crippen LogP) is 1.30. The maximum Gasteiger partial charge on any atom is 0.277 e. The second-order valence-electron chi connectivity index (χ2n) is 5.20. The van der Waals surface area contributed by atoms with Crippen molar-refractivity contribution in [2.75, 3.05) is 11.9 Å². The molecule has 1 amide bonds. The number of aryl methyl sites for hydroxylation is 1. The van der Waals surface area contributed by atoms with Crippen molar-refractivity contribution in [3.05, 3.63) is 29.2 Å². The molecule has 0 unspecified atom stereocenters. The van der Waals surface area contributed by atoms with E-state index in [0.29, 0.717) is 18.1 Å². The Morgan fingerprint density at radius 3 is 3.29 bits per heavy atom. The van der Waals surface area contributed by atoms with Crippen molar-refractivity contribution < 1.29 is 4.79 Å². The average molecular weight is 288 g/mol. The Hall–Kier alpha value is -2.15. The van der Waals surface area contributed by atoms with Gasteiger partial charge in [-0.3, -0.25) is 9.89 Å². The SMILES string of the molecule is CCCCn1nccc1NC(=O)c1n[nH]c2c1CNCC2. The van der Waals surface area contributed by atoms with Crippen LogP contribution in [0.5, 0.6) is 0 Å². The molecule has 7 nitrogen and oxygen atoms in total. The molecule has 3 heterocycles. The summed E-state index contributed by atoms with van der Waals surface area (Å²) < 4.78 is 1.82. The van der Waals surface area contributed by atoms with Crippen molar-refractivity contribution in [2.24, 2.45) is 0 Å². The molecule has 1 aliphatic heterocycles. The molecule has 0 radical (unpaired) electrons. The molecule has 0 saturated carbocycles. The Morgan fingerprint density at radius 1 is 1.52 bits per heavy atom. The largest absolute Gasteiger partial charge is 0.312 e. The summed E-state index contributed by atoms with van der Waals surface area (Å²) in [6.07, 6.45) is 4.70. The van der Waals surface area contributed by atoms with Crippen LogP contribution in [0.25, 0.3) is 0 Å². The summed E-state index contributed by atoms with van der Waals surface area (Å²) in [5.74, 6) is 0.531. The molecule has 0 spiro atoms. The number of aromatic nitrogens is 4. The summed E-state index contributed by atoms with van der Waals surface area (Å²) in [4.78, 5) is 12.4. The van der Waals surface area contributed by atoms with Gasteiger partial charge in [0.2, 0.25) is 0 Å². The number of carbonyl (C=O) groups is 1. The second kappa shape index (κ2) is 6.09. The first-order valence-electron chi connectivity index (χ1n) is 7.39. The van der Waals surface area contributed by atoms with Gasteiger partial charge >= 0.3 is 0 Å². The highest BCUT2D eigenvalue weighted by Crippen LogP contribution is 2.17. The van der Waals surface area contributed by atoms with Gasteiger partial charge in [-0.1, -0.05) is 13.3 Å². The van der Waals surface area contributed by atoms with E-state index in [4.69, 9.17) is 0 Å². The Labute approximate surface area is 123 Å². The molecule has 21 heavy (non-hydrogen) atoms. The van der Waals surface area contributed by atoms with E-state index in [1.165, 1.54) is 0 Å². The number of nitrogens with zero attached hydrogens (tertiary/aromatic N) is 3. The molecule has 112 valence electrons. The maximum atomic E-state index is 12.4. The second-order valence-corrected chi connectivity index (χ2v) is 5.20. The van der Waals surface area contributed by atoms with Gasteiger partial charge in [0.05, 0.1) is 6.20 Å². The quantitative estimate of drug-likeness (QED) is 0.774. The lowest BCUT2D eigenvalue weighted by molar-refractivity contribution is 0.102. The maximum absolute atomic E-state index is 12.4. The van der Waals surface area contributed by atoms with E-state index >= 15 is 0 Å². The summed E-state index contributed by atoms with van der Waals surface area (Å²) in [5, 5.41) is 17.5. The average Bonchev–Trinajstić information content (AvgIpc) is 3.11. The topological polar surface area (TPSA) is 87.6 Å². The van der Waals surface area contributed by atoms with Crippen LogP contribution >= 0.6 is 0 Å². The zero-order valence-corrected chi connectivity index (χ0v) is 12.1. The van der Waals surface area contributed by atoms with Crippen LogP contribution in [0, 0.1) is 0 Å². The third-order valence-electron chi connectivity index (χ3n) is 3.70. The van der Waals surface area contributed by atoms with E-state index in [9.17, 15) is 4.79 Å². The molecule has 7 heteroatoms. The number of amides is 1. The van der Waals surface area contributed by atoms with Crippen LogP contribution in [-0.2, 0) is 19.5 Å². The van der Waals surface area contributed by atoms with Gasteiger partial charge in [0.25, 0.3) is 5.91 Å². The molecule has 1 aliphatic rings. The van der Waals surface area contributed by atoms with Gasteiger partial charge in [0.15, 0.2) is 5.69 Å². The lowest BCUT2D eigenvalue weighted by Crippen LogP contribution is -2.25. The van der Waals surface area contributed by atoms with Gasteiger partial charge in [0, 0.05) is 43.4 Å². The Bertz CT molecular complexity index is 629. The first-order valence-corrected chi connectivity index (χ1v) is 7.39. The van der Waals surface area contributed by atoms with Gasteiger partial charge in [0.1, 0.15) is 5.82 Å². The molecule has 2 aromatic heterocycles. The van der Waals surface area contributed by atoms with E-state index in [-0.39, 0.29) is 5.91 Å². The number of hydrogen-bond acceptors (Lipinski definition) is 4. The van der Waals surface area contributed by atoms with Crippen molar-refractivity contribution >= 4 is 11.7 Å². The number of anilines is 1. The van der Waals surface area contributed by atoms with Gasteiger partial charge in [-0.2, -0.15) is 10.2 Å². The molecule has 0 bridgehead atoms. The Kier molecular flexibility index (Phi) is 4.01. The number of nitrogens with one attached hydrogen (secondary N) is 3. The number of rotatable bonds is 5. The Morgan fingerprint density at radius 2 is 2.43 bits per heavy atom. The third-order valence-corrected chi connectivity index (χ3v) is 3.70. The number of aromatic amines is 1. The van der Waals surface area contributed by atoms with Crippen LogP contribution in [0.1, 0.15) is 41.5 Å². The van der Waals surface area contributed by atoms with Gasteiger partial charge < -0.3 is 10.6 Å². The van der Waals surface area contributed by atoms with E-state index in [1.807, 2.05) is 10.7 Å². The lowest BCUT2D eigenvalue weighted by Gasteiger charge is -2.13. The first-order chi connectivity index (χ1) is 10.3. The molecule has 2 aromatic rings. The fraction of sp³-hybridized carbons (Fsp3) is 0.500. The van der Waals surface area contributed by atoms with Crippen LogP contribution in [-0.4, -0.2) is 32.4 Å². The number of fused-ring (bicyclic) bond motifs is 1. The monoisotopic (exact) mass is 288 g/mol. The molecule has 0 aromatic carbocycles. The molecule has 0 saturated heterocycles. The summed E-state index contributed by atoms with van der Waals surface area (Å²) in [7, 11) is 0. The zero-order valence-electron chi connectivity index (χ0n) is 12.1. The highest BCUT2D eigenvalue weighted by molar-refractivity contribution is 6.03. The van der Waals surface area contributed by atoms with Crippen molar-refractivity contribution in [3.8, 4) is 0 Å². The smallest absolute Gasteiger partial charge is 0.277 e. The summed E-state index contributed by atoms with van der Waals surface area (Å²) >= 11 is 0. The Balaban J connectivity index is 1.75. The molecule has 0 fully saturated rings. The number of hydrogen-bond donors (Lipinski definition) is 3. The number of carbonyl (C=O) groups excluding carboxylic acids is 1. The normalized spacial score (nSPS) is 14.0. The summed E-state index contributed by atoms with van der Waals surface area (Å²) in [6.45, 7) is 4.54. The van der Waals surface area contributed by atoms with Crippen LogP contribution in [0.15, 0.2) is 12.3 Å². The van der Waals surface area contributed by atoms with E-state index < -0.39 is 0 Å². The number of H-pyrrole nitrogens is 1. The minimum absolute atomic E-state index is 0.186. The van der Waals surface area contributed by atoms with Gasteiger partial charge in [-0.15, -0.1) is 0 Å². The molecule has 3 N–H and O–H groups in total. The van der Waals surface area contributed by atoms with E-state index in [0.717, 1.165) is 43.6 Å². The fourth-order valence-corrected chi connectivity index (χ4v) is 2.51. The summed E-state index contributed by atoms with van der Waals surface area (Å²) in [5.41, 5.74) is 2.50. The van der Waals surface area contributed by atoms with Crippen molar-refractivity contribution in [3.63, 3.8) is 0 Å². The van der Waals surface area contributed by atoms with Crippen LogP contribution in [0.3, 0.4) is 0 Å². The molecular formula is C14H20N6O. The third kappa shape index (κ3) is 2.82. The van der Waals surface area contributed by atoms with Gasteiger partial charge in [-0.25, -0.2) is 4.68 Å². The minimum Gasteiger partial charge on any atom is -0.312 e. The molecular weight excluding hydrogens is 268 g/mol. The summed E-state index contributed by atoms with van der Waals surface area (Å²) in [6, 6.07) is 1.81. The lowest BCUT2D eigenvalue weighted by atomic mass is 10.1. The molecule has 0 atom stereocenters. The van der Waals surface area contributed by atoms with Crippen LogP contribution in [0.4, 0.5) is 5.82 Å². The zero-order chi connectivity index (χ0) is 14.7. The van der Waals surface area contributed by atoms with Crippen LogP contribution < -0.4 is 10.6 Å². The van der Waals surface area contributed by atoms with Crippen LogP contribution in [0.2, 0.25) is 0 Å². The van der Waals surface area contributed by atoms with Crippen molar-refractivity contribution in [1.29, 1.82) is 0 Å². The van der Waals surface area contributed by atoms with E-state index in [1.54, 1.807) is 6.20 Å². The standard InChI is InChI=1S/C14H20N6O/c1-2-3-8-20-12(5-7-16-20)17-14(21)13-10-9-15-6-4-11(10)18-19-13/h5,7,15H,2-4,6,8-9H2,1H3,(H,17,21)(H,18,19). The van der Waals surface area contributed by atoms with Gasteiger partial charge in [-0.05, 0) is 6.42 Å². The van der Waals surface area contributed by atoms with Crippen molar-refractivity contribution in [2.45, 2.75) is 39.3 Å². The fourth-order valence-electron chi connectivity index (χ4n) is 2.51. The molecule has 0 aliphatic carbocycles. The van der Waals surface area contributed by atoms with E-state index in [2.05, 4.69) is 32.9 Å². The highest BCUT2D eigenvalue weighted by Gasteiger charge is 2.22. The first kappa shape index (κ1) is 13.8. The highest BCUT2D eigenvalue weighted by atomic mass is 16.2. The molecule has 3 rings (SSSR count). The van der Waals surface area contributed by atoms with Crippen molar-refractivity contribution in [1.82, 2.24) is 25.3 Å². The number of unbranched alkanes of at least 4 members (excludes halogenated alkanes) is 1. The predicted molar refractivity (Wildman–Crippen MR) is 79.1 cm³/mol. The minimum atomic E-state index is -0.186.